The molecule has 0 saturated heterocycles. The van der Waals surface area contributed by atoms with Gasteiger partial charge in [-0.3, -0.25) is 18.7 Å². The zero-order valence-electron chi connectivity index (χ0n) is 16.1. The number of aryl methyl sites for hydroxylation is 2. The van der Waals surface area contributed by atoms with Gasteiger partial charge >= 0.3 is 5.69 Å². The van der Waals surface area contributed by atoms with E-state index in [0.29, 0.717) is 17.5 Å². The Morgan fingerprint density at radius 3 is 2.59 bits per heavy atom. The summed E-state index contributed by atoms with van der Waals surface area (Å²) in [6.07, 6.45) is 8.04. The topological polar surface area (TPSA) is 86.0 Å². The van der Waals surface area contributed by atoms with E-state index in [9.17, 15) is 14.4 Å². The second-order valence-corrected chi connectivity index (χ2v) is 8.05. The number of hydrogen-bond donors (Lipinski definition) is 1. The minimum atomic E-state index is -0.407. The first kappa shape index (κ1) is 19.7. The maximum absolute atomic E-state index is 12.7. The number of thioether (sulfide) groups is 1. The number of carbonyl (C=O) groups excluding carboxylic acids is 1. The van der Waals surface area contributed by atoms with Crippen LogP contribution in [0.25, 0.3) is 11.0 Å². The maximum atomic E-state index is 12.7. The van der Waals surface area contributed by atoms with Crippen molar-refractivity contribution in [1.29, 1.82) is 0 Å². The lowest BCUT2D eigenvalue weighted by atomic mass is 9.95. The summed E-state index contributed by atoms with van der Waals surface area (Å²) in [5.41, 5.74) is 0.491. The highest BCUT2D eigenvalue weighted by molar-refractivity contribution is 8.00. The number of fused-ring (bicyclic) bond motifs is 1. The number of nitrogens with one attached hydrogen (secondary N) is 1. The summed E-state index contributed by atoms with van der Waals surface area (Å²) in [7, 11) is 3.07. The maximum Gasteiger partial charge on any atom is 0.332 e. The second kappa shape index (κ2) is 8.29. The van der Waals surface area contributed by atoms with Crippen LogP contribution >= 0.6 is 11.8 Å². The lowest BCUT2D eigenvalue weighted by molar-refractivity contribution is -0.119. The van der Waals surface area contributed by atoms with Crippen LogP contribution in [0.5, 0.6) is 0 Å². The minimum absolute atomic E-state index is 0.0134. The SMILES string of the molecule is CCc1cnc2c(c1SCC(=O)NC1CCCCC1)c(=O)n(C)c(=O)n2C. The van der Waals surface area contributed by atoms with E-state index in [-0.39, 0.29) is 23.3 Å². The van der Waals surface area contributed by atoms with Gasteiger partial charge in [0.15, 0.2) is 0 Å². The summed E-state index contributed by atoms with van der Waals surface area (Å²) in [5, 5.41) is 3.52. The van der Waals surface area contributed by atoms with Crippen LogP contribution in [0.2, 0.25) is 0 Å². The zero-order valence-corrected chi connectivity index (χ0v) is 16.9. The quantitative estimate of drug-likeness (QED) is 0.786. The smallest absolute Gasteiger partial charge is 0.332 e. The summed E-state index contributed by atoms with van der Waals surface area (Å²) < 4.78 is 2.47. The summed E-state index contributed by atoms with van der Waals surface area (Å²) in [6.45, 7) is 1.99. The van der Waals surface area contributed by atoms with E-state index < -0.39 is 5.69 Å². The van der Waals surface area contributed by atoms with Crippen molar-refractivity contribution in [2.75, 3.05) is 5.75 Å². The van der Waals surface area contributed by atoms with Gasteiger partial charge in [0, 0.05) is 31.2 Å². The van der Waals surface area contributed by atoms with Crippen LogP contribution in [-0.4, -0.2) is 31.8 Å². The molecule has 146 valence electrons. The number of rotatable bonds is 5. The average molecular weight is 391 g/mol. The first-order valence-electron chi connectivity index (χ1n) is 9.43. The second-order valence-electron chi connectivity index (χ2n) is 7.06. The molecule has 1 aliphatic rings. The number of nitrogens with zero attached hydrogens (tertiary/aromatic N) is 3. The van der Waals surface area contributed by atoms with Gasteiger partial charge in [-0.05, 0) is 24.8 Å². The van der Waals surface area contributed by atoms with E-state index in [0.717, 1.165) is 40.7 Å². The van der Waals surface area contributed by atoms with E-state index in [1.54, 1.807) is 13.2 Å². The Balaban J connectivity index is 1.91. The number of aromatic nitrogens is 3. The van der Waals surface area contributed by atoms with Gasteiger partial charge in [0.05, 0.1) is 11.1 Å². The number of hydrogen-bond acceptors (Lipinski definition) is 5. The van der Waals surface area contributed by atoms with E-state index >= 15 is 0 Å². The molecule has 3 rings (SSSR count). The average Bonchev–Trinajstić information content (AvgIpc) is 2.69. The Bertz CT molecular complexity index is 974. The van der Waals surface area contributed by atoms with Gasteiger partial charge < -0.3 is 5.32 Å². The van der Waals surface area contributed by atoms with Gasteiger partial charge in [0.25, 0.3) is 5.56 Å². The third-order valence-corrected chi connectivity index (χ3v) is 6.36. The molecule has 0 aliphatic heterocycles. The molecule has 0 bridgehead atoms. The Morgan fingerprint density at radius 1 is 1.22 bits per heavy atom. The molecule has 1 amide bonds. The monoisotopic (exact) mass is 390 g/mol. The van der Waals surface area contributed by atoms with Crippen molar-refractivity contribution in [2.45, 2.75) is 56.4 Å². The highest BCUT2D eigenvalue weighted by Gasteiger charge is 2.19. The van der Waals surface area contributed by atoms with Crippen LogP contribution in [-0.2, 0) is 25.3 Å². The lowest BCUT2D eigenvalue weighted by Gasteiger charge is -2.22. The molecule has 1 saturated carbocycles. The molecule has 8 heteroatoms. The van der Waals surface area contributed by atoms with Crippen molar-refractivity contribution >= 4 is 28.7 Å². The van der Waals surface area contributed by atoms with Crippen molar-refractivity contribution < 1.29 is 4.79 Å². The predicted octanol–water partition coefficient (Wildman–Crippen LogP) is 1.74. The summed E-state index contributed by atoms with van der Waals surface area (Å²) in [4.78, 5) is 42.4. The van der Waals surface area contributed by atoms with Crippen LogP contribution in [0.3, 0.4) is 0 Å². The van der Waals surface area contributed by atoms with Crippen molar-refractivity contribution in [3.05, 3.63) is 32.6 Å². The van der Waals surface area contributed by atoms with Crippen molar-refractivity contribution in [3.63, 3.8) is 0 Å². The normalized spacial score (nSPS) is 15.2. The van der Waals surface area contributed by atoms with Crippen LogP contribution in [0.15, 0.2) is 20.7 Å². The van der Waals surface area contributed by atoms with E-state index in [4.69, 9.17) is 0 Å². The van der Waals surface area contributed by atoms with Crippen LogP contribution in [0, 0.1) is 0 Å². The first-order chi connectivity index (χ1) is 12.9. The van der Waals surface area contributed by atoms with Gasteiger partial charge in [-0.25, -0.2) is 9.78 Å². The molecule has 0 atom stereocenters. The number of pyridine rings is 1. The third-order valence-electron chi connectivity index (χ3n) is 5.19. The van der Waals surface area contributed by atoms with E-state index in [1.165, 1.54) is 29.8 Å². The summed E-state index contributed by atoms with van der Waals surface area (Å²) in [5.74, 6) is 0.231. The molecule has 2 heterocycles. The molecular weight excluding hydrogens is 364 g/mol. The molecule has 1 N–H and O–H groups in total. The first-order valence-corrected chi connectivity index (χ1v) is 10.4. The molecule has 1 fully saturated rings. The highest BCUT2D eigenvalue weighted by atomic mass is 32.2. The van der Waals surface area contributed by atoms with Gasteiger partial charge in [0.2, 0.25) is 5.91 Å². The lowest BCUT2D eigenvalue weighted by Crippen LogP contribution is -2.38. The fraction of sp³-hybridized carbons (Fsp3) is 0.579. The van der Waals surface area contributed by atoms with Crippen LogP contribution in [0.4, 0.5) is 0 Å². The highest BCUT2D eigenvalue weighted by Crippen LogP contribution is 2.28. The molecule has 2 aromatic rings. The number of carbonyl (C=O) groups is 1. The predicted molar refractivity (Wildman–Crippen MR) is 107 cm³/mol. The van der Waals surface area contributed by atoms with E-state index in [2.05, 4.69) is 10.3 Å². The molecule has 0 unspecified atom stereocenters. The van der Waals surface area contributed by atoms with Crippen molar-refractivity contribution in [1.82, 2.24) is 19.4 Å². The third kappa shape index (κ3) is 3.95. The Morgan fingerprint density at radius 2 is 1.93 bits per heavy atom. The molecule has 27 heavy (non-hydrogen) atoms. The minimum Gasteiger partial charge on any atom is -0.353 e. The molecule has 0 aromatic carbocycles. The molecule has 1 aliphatic carbocycles. The van der Waals surface area contributed by atoms with Gasteiger partial charge in [-0.2, -0.15) is 0 Å². The molecule has 2 aromatic heterocycles. The molecule has 7 nitrogen and oxygen atoms in total. The summed E-state index contributed by atoms with van der Waals surface area (Å²) >= 11 is 1.35. The Labute approximate surface area is 162 Å². The fourth-order valence-electron chi connectivity index (χ4n) is 3.61. The summed E-state index contributed by atoms with van der Waals surface area (Å²) in [6, 6.07) is 0.264. The fourth-order valence-corrected chi connectivity index (χ4v) is 4.68. The molecular formula is C19H26N4O3S. The zero-order chi connectivity index (χ0) is 19.6. The largest absolute Gasteiger partial charge is 0.353 e. The standard InChI is InChI=1S/C19H26N4O3S/c1-4-12-10-20-17-15(18(25)23(3)19(26)22(17)2)16(12)27-11-14(24)21-13-8-6-5-7-9-13/h10,13H,4-9,11H2,1-3H3,(H,21,24). The van der Waals surface area contributed by atoms with Gasteiger partial charge in [-0.15, -0.1) is 11.8 Å². The molecule has 0 spiro atoms. The number of amides is 1. The van der Waals surface area contributed by atoms with Gasteiger partial charge in [0.1, 0.15) is 5.65 Å². The molecule has 0 radical (unpaired) electrons. The van der Waals surface area contributed by atoms with E-state index in [1.807, 2.05) is 6.92 Å². The van der Waals surface area contributed by atoms with Crippen LogP contribution in [0.1, 0.15) is 44.6 Å². The van der Waals surface area contributed by atoms with Crippen molar-refractivity contribution in [3.8, 4) is 0 Å². The van der Waals surface area contributed by atoms with Gasteiger partial charge in [-0.1, -0.05) is 26.2 Å². The Kier molecular flexibility index (Phi) is 6.04. The van der Waals surface area contributed by atoms with Crippen LogP contribution < -0.4 is 16.6 Å². The Hall–Kier alpha value is -2.09. The van der Waals surface area contributed by atoms with Crippen molar-refractivity contribution in [2.24, 2.45) is 14.1 Å².